The molecule has 0 bridgehead atoms. The van der Waals surface area contributed by atoms with Crippen molar-refractivity contribution >= 4 is 46.4 Å². The normalized spacial score (nSPS) is 14.3. The average molecular weight is 412 g/mol. The molecule has 0 spiro atoms. The van der Waals surface area contributed by atoms with Crippen LogP contribution in [-0.4, -0.2) is 0 Å². The highest BCUT2D eigenvalue weighted by Gasteiger charge is 2.39. The molecule has 2 aromatic carbocycles. The van der Waals surface area contributed by atoms with E-state index in [0.29, 0.717) is 26.5 Å². The van der Waals surface area contributed by atoms with Crippen LogP contribution in [0.3, 0.4) is 0 Å². The molecule has 0 radical (unpaired) electrons. The molecule has 1 fully saturated rings. The number of rotatable bonds is 2. The van der Waals surface area contributed by atoms with Gasteiger partial charge in [0, 0.05) is 0 Å². The average Bonchev–Trinajstić information content (AvgIpc) is 2.55. The molecule has 6 heteroatoms. The van der Waals surface area contributed by atoms with E-state index in [1.807, 2.05) is 18.2 Å². The van der Waals surface area contributed by atoms with Gasteiger partial charge in [0.05, 0.1) is 44.1 Å². The fourth-order valence-electron chi connectivity index (χ4n) is 2.53. The third-order valence-electron chi connectivity index (χ3n) is 4.16. The quantitative estimate of drug-likeness (QED) is 0.533. The molecule has 0 atom stereocenters. The predicted octanol–water partition coefficient (Wildman–Crippen LogP) is 7.00. The van der Waals surface area contributed by atoms with Gasteiger partial charge in [0.1, 0.15) is 0 Å². The van der Waals surface area contributed by atoms with Gasteiger partial charge < -0.3 is 0 Å². The van der Waals surface area contributed by atoms with Crippen LogP contribution in [0, 0.1) is 22.7 Å². The molecule has 2 nitrogen and oxygen atoms in total. The number of hydrogen-bond acceptors (Lipinski definition) is 2. The standard InChI is InChI=1S/C11H9Cl2N.C8H5Cl2N/c12-9-3-2-8(6-10(9)13)11(7-14)4-1-5-11;9-7-2-1-6(3-4-11)5-8(7)10/h2-3,6H,1,4-5H2;1-2,5H,3H2. The van der Waals surface area contributed by atoms with Crippen LogP contribution in [0.5, 0.6) is 0 Å². The van der Waals surface area contributed by atoms with Crippen molar-refractivity contribution in [2.24, 2.45) is 0 Å². The molecule has 0 aliphatic heterocycles. The zero-order chi connectivity index (χ0) is 18.4. The molecule has 128 valence electrons. The van der Waals surface area contributed by atoms with Gasteiger partial charge in [-0.15, -0.1) is 0 Å². The number of nitriles is 2. The second-order valence-corrected chi connectivity index (χ2v) is 7.39. The summed E-state index contributed by atoms with van der Waals surface area (Å²) in [7, 11) is 0. The van der Waals surface area contributed by atoms with Crippen molar-refractivity contribution in [2.75, 3.05) is 0 Å². The molecule has 0 heterocycles. The minimum Gasteiger partial charge on any atom is -0.198 e. The SMILES string of the molecule is N#CC1(c2ccc(Cl)c(Cl)c2)CCC1.N#CCc1ccc(Cl)c(Cl)c1. The van der Waals surface area contributed by atoms with Crippen LogP contribution in [0.15, 0.2) is 36.4 Å². The molecule has 25 heavy (non-hydrogen) atoms. The molecule has 0 aromatic heterocycles. The summed E-state index contributed by atoms with van der Waals surface area (Å²) in [5, 5.41) is 19.6. The van der Waals surface area contributed by atoms with Gasteiger partial charge in [-0.05, 0) is 54.7 Å². The van der Waals surface area contributed by atoms with Gasteiger partial charge in [0.15, 0.2) is 0 Å². The summed E-state index contributed by atoms with van der Waals surface area (Å²) in [4.78, 5) is 0. The summed E-state index contributed by atoms with van der Waals surface area (Å²) >= 11 is 23.1. The monoisotopic (exact) mass is 410 g/mol. The fraction of sp³-hybridized carbons (Fsp3) is 0.263. The lowest BCUT2D eigenvalue weighted by Gasteiger charge is -2.35. The minimum atomic E-state index is -0.297. The first kappa shape index (κ1) is 19.9. The van der Waals surface area contributed by atoms with E-state index in [1.54, 1.807) is 24.3 Å². The van der Waals surface area contributed by atoms with Crippen LogP contribution >= 0.6 is 46.4 Å². The zero-order valence-electron chi connectivity index (χ0n) is 13.2. The van der Waals surface area contributed by atoms with Gasteiger partial charge in [0.25, 0.3) is 0 Å². The summed E-state index contributed by atoms with van der Waals surface area (Å²) in [6.45, 7) is 0. The lowest BCUT2D eigenvalue weighted by Crippen LogP contribution is -2.32. The van der Waals surface area contributed by atoms with Crippen molar-refractivity contribution < 1.29 is 0 Å². The van der Waals surface area contributed by atoms with Crippen molar-refractivity contribution in [3.8, 4) is 12.1 Å². The molecule has 1 aliphatic rings. The van der Waals surface area contributed by atoms with Crippen LogP contribution in [0.25, 0.3) is 0 Å². The van der Waals surface area contributed by atoms with E-state index in [9.17, 15) is 0 Å². The number of benzene rings is 2. The van der Waals surface area contributed by atoms with Crippen molar-refractivity contribution in [2.45, 2.75) is 31.1 Å². The highest BCUT2D eigenvalue weighted by molar-refractivity contribution is 6.42. The first-order valence-electron chi connectivity index (χ1n) is 7.59. The Morgan fingerprint density at radius 1 is 0.840 bits per heavy atom. The van der Waals surface area contributed by atoms with Gasteiger partial charge in [-0.2, -0.15) is 10.5 Å². The Morgan fingerprint density at radius 3 is 1.88 bits per heavy atom. The molecule has 2 aromatic rings. The molecule has 3 rings (SSSR count). The Bertz CT molecular complexity index is 845. The maximum atomic E-state index is 9.12. The van der Waals surface area contributed by atoms with Gasteiger partial charge in [-0.3, -0.25) is 0 Å². The summed E-state index contributed by atoms with van der Waals surface area (Å²) in [5.41, 5.74) is 1.59. The number of halogens is 4. The predicted molar refractivity (Wildman–Crippen MR) is 103 cm³/mol. The van der Waals surface area contributed by atoms with Gasteiger partial charge >= 0.3 is 0 Å². The fourth-order valence-corrected chi connectivity index (χ4v) is 3.15. The van der Waals surface area contributed by atoms with Crippen LogP contribution in [0.1, 0.15) is 30.4 Å². The molecule has 1 aliphatic carbocycles. The molecule has 0 amide bonds. The summed E-state index contributed by atoms with van der Waals surface area (Å²) in [6, 6.07) is 15.1. The maximum Gasteiger partial charge on any atom is 0.0823 e. The lowest BCUT2D eigenvalue weighted by molar-refractivity contribution is 0.324. The molecule has 0 N–H and O–H groups in total. The molecular formula is C19H14Cl4N2. The third-order valence-corrected chi connectivity index (χ3v) is 5.64. The second kappa shape index (κ2) is 8.79. The highest BCUT2D eigenvalue weighted by Crippen LogP contribution is 2.44. The van der Waals surface area contributed by atoms with Crippen LogP contribution < -0.4 is 0 Å². The summed E-state index contributed by atoms with van der Waals surface area (Å²) in [6.07, 6.45) is 3.35. The molecule has 0 saturated heterocycles. The minimum absolute atomic E-state index is 0.297. The number of nitrogens with zero attached hydrogens (tertiary/aromatic N) is 2. The highest BCUT2D eigenvalue weighted by atomic mass is 35.5. The number of hydrogen-bond donors (Lipinski definition) is 0. The third kappa shape index (κ3) is 4.81. The van der Waals surface area contributed by atoms with E-state index in [0.717, 1.165) is 30.4 Å². The Labute approximate surface area is 167 Å². The first-order valence-corrected chi connectivity index (χ1v) is 9.11. The van der Waals surface area contributed by atoms with Crippen molar-refractivity contribution in [1.82, 2.24) is 0 Å². The van der Waals surface area contributed by atoms with E-state index in [2.05, 4.69) is 6.07 Å². The van der Waals surface area contributed by atoms with Crippen molar-refractivity contribution in [3.63, 3.8) is 0 Å². The lowest BCUT2D eigenvalue weighted by atomic mass is 9.65. The Hall–Kier alpha value is -1.42. The molecule has 1 saturated carbocycles. The van der Waals surface area contributed by atoms with Gasteiger partial charge in [-0.25, -0.2) is 0 Å². The van der Waals surface area contributed by atoms with Crippen molar-refractivity contribution in [3.05, 3.63) is 67.6 Å². The van der Waals surface area contributed by atoms with Crippen LogP contribution in [0.4, 0.5) is 0 Å². The Morgan fingerprint density at radius 2 is 1.44 bits per heavy atom. The first-order chi connectivity index (χ1) is 11.9. The van der Waals surface area contributed by atoms with Gasteiger partial charge in [-0.1, -0.05) is 58.5 Å². The second-order valence-electron chi connectivity index (χ2n) is 5.76. The maximum absolute atomic E-state index is 9.12. The van der Waals surface area contributed by atoms with E-state index in [1.165, 1.54) is 0 Å². The largest absolute Gasteiger partial charge is 0.198 e. The Balaban J connectivity index is 0.000000186. The van der Waals surface area contributed by atoms with Gasteiger partial charge in [0.2, 0.25) is 0 Å². The Kier molecular flexibility index (Phi) is 7.00. The summed E-state index contributed by atoms with van der Waals surface area (Å²) < 4.78 is 0. The van der Waals surface area contributed by atoms with E-state index in [-0.39, 0.29) is 5.41 Å². The molecule has 0 unspecified atom stereocenters. The zero-order valence-corrected chi connectivity index (χ0v) is 16.2. The van der Waals surface area contributed by atoms with E-state index < -0.39 is 0 Å². The topological polar surface area (TPSA) is 47.6 Å². The van der Waals surface area contributed by atoms with Crippen molar-refractivity contribution in [1.29, 1.82) is 10.5 Å². The van der Waals surface area contributed by atoms with Crippen LogP contribution in [-0.2, 0) is 11.8 Å². The summed E-state index contributed by atoms with van der Waals surface area (Å²) in [5.74, 6) is 0. The smallest absolute Gasteiger partial charge is 0.0823 e. The van der Waals surface area contributed by atoms with Crippen LogP contribution in [0.2, 0.25) is 20.1 Å². The van der Waals surface area contributed by atoms with E-state index >= 15 is 0 Å². The molecular weight excluding hydrogens is 398 g/mol. The van der Waals surface area contributed by atoms with E-state index in [4.69, 9.17) is 56.9 Å².